The molecule has 2 N–H and O–H groups in total. The second kappa shape index (κ2) is 6.44. The summed E-state index contributed by atoms with van der Waals surface area (Å²) in [5.74, 6) is -0.454. The third kappa shape index (κ3) is 3.09. The number of nitrogens with zero attached hydrogens (tertiary/aromatic N) is 1. The van der Waals surface area contributed by atoms with Crippen molar-refractivity contribution in [2.75, 3.05) is 18.5 Å². The van der Waals surface area contributed by atoms with Crippen LogP contribution in [0.15, 0.2) is 36.5 Å². The van der Waals surface area contributed by atoms with Crippen LogP contribution in [0.5, 0.6) is 0 Å². The van der Waals surface area contributed by atoms with Crippen LogP contribution in [0.25, 0.3) is 10.9 Å². The number of carbonyl (C=O) groups excluding carboxylic acids is 2. The van der Waals surface area contributed by atoms with Crippen LogP contribution in [0, 0.1) is 5.41 Å². The molecule has 6 nitrogen and oxygen atoms in total. The summed E-state index contributed by atoms with van der Waals surface area (Å²) in [4.78, 5) is 29.6. The predicted molar refractivity (Wildman–Crippen MR) is 94.0 cm³/mol. The van der Waals surface area contributed by atoms with Crippen LogP contribution in [0.4, 0.5) is 5.69 Å². The standard InChI is InChI=1S/C19H21N3O3/c23-17(21-12-14-6-3-11-25-14)19(8-9-19)18(24)22-15-7-1-4-13-5-2-10-20-16(13)15/h1-2,4-5,7,10,14H,3,6,8-9,11-12H2,(H,21,23)(H,22,24). The predicted octanol–water partition coefficient (Wildman–Crippen LogP) is 2.25. The van der Waals surface area contributed by atoms with Gasteiger partial charge in [0, 0.05) is 24.7 Å². The number of benzene rings is 1. The van der Waals surface area contributed by atoms with E-state index in [1.807, 2.05) is 30.3 Å². The summed E-state index contributed by atoms with van der Waals surface area (Å²) in [7, 11) is 0. The minimum Gasteiger partial charge on any atom is -0.376 e. The van der Waals surface area contributed by atoms with Crippen LogP contribution in [-0.2, 0) is 14.3 Å². The van der Waals surface area contributed by atoms with Crippen LogP contribution in [-0.4, -0.2) is 36.1 Å². The van der Waals surface area contributed by atoms with Gasteiger partial charge in [0.25, 0.3) is 0 Å². The Morgan fingerprint density at radius 2 is 2.04 bits per heavy atom. The highest BCUT2D eigenvalue weighted by Gasteiger charge is 2.56. The number of aromatic nitrogens is 1. The quantitative estimate of drug-likeness (QED) is 0.819. The molecular weight excluding hydrogens is 318 g/mol. The van der Waals surface area contributed by atoms with Crippen LogP contribution < -0.4 is 10.6 Å². The molecule has 2 fully saturated rings. The van der Waals surface area contributed by atoms with Crippen molar-refractivity contribution in [3.05, 3.63) is 36.5 Å². The first-order chi connectivity index (χ1) is 12.2. The average Bonchev–Trinajstić information content (AvgIpc) is 3.29. The summed E-state index contributed by atoms with van der Waals surface area (Å²) in [5, 5.41) is 6.75. The molecule has 1 saturated heterocycles. The lowest BCUT2D eigenvalue weighted by atomic mass is 10.0. The summed E-state index contributed by atoms with van der Waals surface area (Å²) in [6.07, 6.45) is 4.91. The molecular formula is C19H21N3O3. The van der Waals surface area contributed by atoms with Crippen molar-refractivity contribution < 1.29 is 14.3 Å². The minimum atomic E-state index is -0.949. The molecule has 1 unspecified atom stereocenters. The molecule has 1 aromatic carbocycles. The highest BCUT2D eigenvalue weighted by molar-refractivity contribution is 6.14. The number of rotatable bonds is 5. The second-order valence-electron chi connectivity index (χ2n) is 6.76. The molecule has 0 radical (unpaired) electrons. The lowest BCUT2D eigenvalue weighted by Crippen LogP contribution is -2.42. The fourth-order valence-corrected chi connectivity index (χ4v) is 3.31. The highest BCUT2D eigenvalue weighted by atomic mass is 16.5. The number of para-hydroxylation sites is 1. The molecule has 0 spiro atoms. The van der Waals surface area contributed by atoms with Gasteiger partial charge in [-0.1, -0.05) is 18.2 Å². The third-order valence-electron chi connectivity index (χ3n) is 5.01. The third-order valence-corrected chi connectivity index (χ3v) is 5.01. The van der Waals surface area contributed by atoms with E-state index in [2.05, 4.69) is 15.6 Å². The molecule has 1 aromatic heterocycles. The number of hydrogen-bond acceptors (Lipinski definition) is 4. The van der Waals surface area contributed by atoms with Gasteiger partial charge in [-0.2, -0.15) is 0 Å². The Balaban J connectivity index is 1.45. The van der Waals surface area contributed by atoms with E-state index in [-0.39, 0.29) is 17.9 Å². The van der Waals surface area contributed by atoms with E-state index < -0.39 is 5.41 Å². The molecule has 1 atom stereocenters. The van der Waals surface area contributed by atoms with Gasteiger partial charge in [-0.05, 0) is 37.8 Å². The molecule has 1 aliphatic carbocycles. The number of hydrogen-bond donors (Lipinski definition) is 2. The van der Waals surface area contributed by atoms with E-state index in [0.29, 0.717) is 25.1 Å². The van der Waals surface area contributed by atoms with Crippen molar-refractivity contribution in [2.45, 2.75) is 31.8 Å². The smallest absolute Gasteiger partial charge is 0.240 e. The van der Waals surface area contributed by atoms with Gasteiger partial charge in [0.15, 0.2) is 0 Å². The van der Waals surface area contributed by atoms with Crippen molar-refractivity contribution in [3.8, 4) is 0 Å². The van der Waals surface area contributed by atoms with Crippen molar-refractivity contribution in [1.82, 2.24) is 10.3 Å². The van der Waals surface area contributed by atoms with E-state index in [1.54, 1.807) is 6.20 Å². The molecule has 6 heteroatoms. The van der Waals surface area contributed by atoms with Gasteiger partial charge in [-0.3, -0.25) is 14.6 Å². The maximum absolute atomic E-state index is 12.7. The van der Waals surface area contributed by atoms with Gasteiger partial charge in [0.2, 0.25) is 11.8 Å². The number of carbonyl (C=O) groups is 2. The zero-order valence-electron chi connectivity index (χ0n) is 14.0. The topological polar surface area (TPSA) is 80.3 Å². The van der Waals surface area contributed by atoms with Crippen molar-refractivity contribution in [2.24, 2.45) is 5.41 Å². The van der Waals surface area contributed by atoms with Crippen LogP contribution in [0.2, 0.25) is 0 Å². The molecule has 1 aliphatic heterocycles. The first-order valence-electron chi connectivity index (χ1n) is 8.74. The molecule has 130 valence electrons. The molecule has 4 rings (SSSR count). The van der Waals surface area contributed by atoms with Crippen molar-refractivity contribution in [1.29, 1.82) is 0 Å². The van der Waals surface area contributed by atoms with Gasteiger partial charge >= 0.3 is 0 Å². The van der Waals surface area contributed by atoms with Crippen molar-refractivity contribution >= 4 is 28.4 Å². The number of anilines is 1. The number of fused-ring (bicyclic) bond motifs is 1. The molecule has 2 aliphatic rings. The van der Waals surface area contributed by atoms with Crippen LogP contribution in [0.1, 0.15) is 25.7 Å². The number of amides is 2. The Kier molecular flexibility index (Phi) is 4.13. The van der Waals surface area contributed by atoms with E-state index >= 15 is 0 Å². The molecule has 0 bridgehead atoms. The van der Waals surface area contributed by atoms with Gasteiger partial charge in [0.05, 0.1) is 17.3 Å². The monoisotopic (exact) mass is 339 g/mol. The van der Waals surface area contributed by atoms with Crippen LogP contribution in [0.3, 0.4) is 0 Å². The second-order valence-corrected chi connectivity index (χ2v) is 6.76. The van der Waals surface area contributed by atoms with Gasteiger partial charge in [0.1, 0.15) is 5.41 Å². The summed E-state index contributed by atoms with van der Waals surface area (Å²) >= 11 is 0. The molecule has 25 heavy (non-hydrogen) atoms. The van der Waals surface area contributed by atoms with E-state index in [9.17, 15) is 9.59 Å². The number of nitrogens with one attached hydrogen (secondary N) is 2. The zero-order valence-corrected chi connectivity index (χ0v) is 14.0. The molecule has 2 amide bonds. The molecule has 2 aromatic rings. The normalized spacial score (nSPS) is 21.0. The maximum Gasteiger partial charge on any atom is 0.240 e. The van der Waals surface area contributed by atoms with Gasteiger partial charge in [-0.15, -0.1) is 0 Å². The largest absolute Gasteiger partial charge is 0.376 e. The van der Waals surface area contributed by atoms with Gasteiger partial charge in [-0.25, -0.2) is 0 Å². The summed E-state index contributed by atoms with van der Waals surface area (Å²) in [5.41, 5.74) is 0.422. The maximum atomic E-state index is 12.7. The number of pyridine rings is 1. The minimum absolute atomic E-state index is 0.0741. The Bertz CT molecular complexity index is 805. The van der Waals surface area contributed by atoms with E-state index in [0.717, 1.165) is 30.4 Å². The first kappa shape index (κ1) is 16.0. The Morgan fingerprint density at radius 1 is 1.20 bits per heavy atom. The SMILES string of the molecule is O=C(NCC1CCCO1)C1(C(=O)Nc2cccc3cccnc23)CC1. The summed E-state index contributed by atoms with van der Waals surface area (Å²) in [6, 6.07) is 9.43. The Morgan fingerprint density at radius 3 is 2.80 bits per heavy atom. The summed E-state index contributed by atoms with van der Waals surface area (Å²) in [6.45, 7) is 1.23. The molecule has 2 heterocycles. The van der Waals surface area contributed by atoms with Gasteiger partial charge < -0.3 is 15.4 Å². The fraction of sp³-hybridized carbons (Fsp3) is 0.421. The first-order valence-corrected chi connectivity index (χ1v) is 8.74. The average molecular weight is 339 g/mol. The Labute approximate surface area is 146 Å². The number of ether oxygens (including phenoxy) is 1. The highest BCUT2D eigenvalue weighted by Crippen LogP contribution is 2.47. The van der Waals surface area contributed by atoms with E-state index in [1.165, 1.54) is 0 Å². The molecule has 1 saturated carbocycles. The van der Waals surface area contributed by atoms with E-state index in [4.69, 9.17) is 4.74 Å². The van der Waals surface area contributed by atoms with Crippen molar-refractivity contribution in [3.63, 3.8) is 0 Å². The lowest BCUT2D eigenvalue weighted by molar-refractivity contribution is -0.134. The van der Waals surface area contributed by atoms with Crippen LogP contribution >= 0.6 is 0 Å². The lowest BCUT2D eigenvalue weighted by Gasteiger charge is -2.17. The zero-order chi connectivity index (χ0) is 17.3. The fourth-order valence-electron chi connectivity index (χ4n) is 3.31. The Hall–Kier alpha value is -2.47. The summed E-state index contributed by atoms with van der Waals surface area (Å²) < 4.78 is 5.52.